The van der Waals surface area contributed by atoms with Crippen LogP contribution in [0.2, 0.25) is 0 Å². The Bertz CT molecular complexity index is 400. The van der Waals surface area contributed by atoms with E-state index in [1.807, 2.05) is 30.3 Å². The maximum atomic E-state index is 11.9. The van der Waals surface area contributed by atoms with Gasteiger partial charge in [-0.05, 0) is 12.1 Å². The van der Waals surface area contributed by atoms with Gasteiger partial charge in [0.05, 0.1) is 0 Å². The minimum absolute atomic E-state index is 0.0376. The molecule has 1 heterocycles. The molecule has 0 aliphatic carbocycles. The molecule has 0 aromatic heterocycles. The van der Waals surface area contributed by atoms with Crippen LogP contribution in [0.15, 0.2) is 30.3 Å². The van der Waals surface area contributed by atoms with E-state index in [9.17, 15) is 9.59 Å². The van der Waals surface area contributed by atoms with E-state index in [-0.39, 0.29) is 12.5 Å². The quantitative estimate of drug-likeness (QED) is 0.723. The maximum absolute atomic E-state index is 11.9. The van der Waals surface area contributed by atoms with Crippen LogP contribution in [0.3, 0.4) is 0 Å². The number of para-hydroxylation sites is 1. The monoisotopic (exact) mass is 248 g/mol. The van der Waals surface area contributed by atoms with Gasteiger partial charge in [0, 0.05) is 26.2 Å². The van der Waals surface area contributed by atoms with Crippen molar-refractivity contribution in [1.82, 2.24) is 9.80 Å². The highest BCUT2D eigenvalue weighted by atomic mass is 16.5. The number of rotatable bonds is 4. The third-order valence-corrected chi connectivity index (χ3v) is 2.92. The van der Waals surface area contributed by atoms with Gasteiger partial charge < -0.3 is 14.5 Å². The number of carbonyl (C=O) groups is 2. The van der Waals surface area contributed by atoms with Gasteiger partial charge in [0.1, 0.15) is 5.75 Å². The summed E-state index contributed by atoms with van der Waals surface area (Å²) >= 11 is 0. The number of hydrogen-bond donors (Lipinski definition) is 0. The van der Waals surface area contributed by atoms with Gasteiger partial charge in [0.15, 0.2) is 6.61 Å². The number of nitrogens with zero attached hydrogens (tertiary/aromatic N) is 2. The molecule has 5 nitrogen and oxygen atoms in total. The molecule has 1 aromatic rings. The number of ether oxygens (including phenoxy) is 1. The fourth-order valence-corrected chi connectivity index (χ4v) is 1.83. The second-order valence-electron chi connectivity index (χ2n) is 4.12. The van der Waals surface area contributed by atoms with E-state index in [4.69, 9.17) is 4.74 Å². The van der Waals surface area contributed by atoms with Gasteiger partial charge >= 0.3 is 0 Å². The predicted molar refractivity (Wildman–Crippen MR) is 66.2 cm³/mol. The molecular weight excluding hydrogens is 232 g/mol. The van der Waals surface area contributed by atoms with Crippen LogP contribution >= 0.6 is 0 Å². The SMILES string of the molecule is O=CN1CCN(C(=O)COc2ccccc2)CC1. The maximum Gasteiger partial charge on any atom is 0.260 e. The largest absolute Gasteiger partial charge is 0.484 e. The van der Waals surface area contributed by atoms with Crippen LogP contribution in [0.1, 0.15) is 0 Å². The van der Waals surface area contributed by atoms with Gasteiger partial charge in [-0.25, -0.2) is 0 Å². The van der Waals surface area contributed by atoms with Crippen LogP contribution in [0.4, 0.5) is 0 Å². The molecule has 0 saturated carbocycles. The number of amides is 2. The fraction of sp³-hybridized carbons (Fsp3) is 0.385. The standard InChI is InChI=1S/C13H16N2O3/c16-11-14-6-8-15(9-7-14)13(17)10-18-12-4-2-1-3-5-12/h1-5,11H,6-10H2. The first kappa shape index (κ1) is 12.4. The van der Waals surface area contributed by atoms with Crippen molar-refractivity contribution in [3.05, 3.63) is 30.3 Å². The molecule has 18 heavy (non-hydrogen) atoms. The van der Waals surface area contributed by atoms with Crippen molar-refractivity contribution >= 4 is 12.3 Å². The Balaban J connectivity index is 1.77. The zero-order valence-electron chi connectivity index (χ0n) is 10.1. The molecule has 1 aliphatic heterocycles. The molecular formula is C13H16N2O3. The van der Waals surface area contributed by atoms with E-state index < -0.39 is 0 Å². The third kappa shape index (κ3) is 3.23. The number of benzene rings is 1. The Morgan fingerprint density at radius 1 is 1.17 bits per heavy atom. The van der Waals surface area contributed by atoms with Crippen molar-refractivity contribution in [3.8, 4) is 5.75 Å². The Morgan fingerprint density at radius 2 is 1.83 bits per heavy atom. The number of piperazine rings is 1. The summed E-state index contributed by atoms with van der Waals surface area (Å²) < 4.78 is 5.40. The third-order valence-electron chi connectivity index (χ3n) is 2.92. The van der Waals surface area contributed by atoms with Crippen molar-refractivity contribution in [2.75, 3.05) is 32.8 Å². The summed E-state index contributed by atoms with van der Waals surface area (Å²) in [6, 6.07) is 9.26. The van der Waals surface area contributed by atoms with Crippen LogP contribution in [0, 0.1) is 0 Å². The zero-order valence-corrected chi connectivity index (χ0v) is 10.1. The first-order chi connectivity index (χ1) is 8.79. The Hall–Kier alpha value is -2.04. The smallest absolute Gasteiger partial charge is 0.260 e. The normalized spacial score (nSPS) is 15.3. The lowest BCUT2D eigenvalue weighted by Crippen LogP contribution is -2.49. The van der Waals surface area contributed by atoms with Crippen LogP contribution in [0.5, 0.6) is 5.75 Å². The number of hydrogen-bond acceptors (Lipinski definition) is 3. The molecule has 2 rings (SSSR count). The van der Waals surface area contributed by atoms with Gasteiger partial charge in [-0.2, -0.15) is 0 Å². The molecule has 0 spiro atoms. The molecule has 1 saturated heterocycles. The highest BCUT2D eigenvalue weighted by molar-refractivity contribution is 5.78. The van der Waals surface area contributed by atoms with Gasteiger partial charge in [-0.3, -0.25) is 9.59 Å². The molecule has 1 fully saturated rings. The summed E-state index contributed by atoms with van der Waals surface area (Å²) in [5.41, 5.74) is 0. The summed E-state index contributed by atoms with van der Waals surface area (Å²) in [7, 11) is 0. The molecule has 0 unspecified atom stereocenters. The first-order valence-electron chi connectivity index (χ1n) is 5.94. The summed E-state index contributed by atoms with van der Waals surface area (Å²) in [5.74, 6) is 0.654. The zero-order chi connectivity index (χ0) is 12.8. The molecule has 0 N–H and O–H groups in total. The topological polar surface area (TPSA) is 49.9 Å². The van der Waals surface area contributed by atoms with Crippen LogP contribution in [-0.2, 0) is 9.59 Å². The average Bonchev–Trinajstić information content (AvgIpc) is 2.46. The summed E-state index contributed by atoms with van der Waals surface area (Å²) in [6.07, 6.45) is 0.822. The Morgan fingerprint density at radius 3 is 2.44 bits per heavy atom. The van der Waals surface area contributed by atoms with E-state index in [1.165, 1.54) is 0 Å². The molecule has 0 radical (unpaired) electrons. The molecule has 5 heteroatoms. The lowest BCUT2D eigenvalue weighted by Gasteiger charge is -2.32. The molecule has 1 aliphatic rings. The summed E-state index contributed by atoms with van der Waals surface area (Å²) in [5, 5.41) is 0. The lowest BCUT2D eigenvalue weighted by atomic mass is 10.3. The van der Waals surface area contributed by atoms with E-state index in [1.54, 1.807) is 9.80 Å². The van der Waals surface area contributed by atoms with E-state index >= 15 is 0 Å². The van der Waals surface area contributed by atoms with Gasteiger partial charge in [-0.15, -0.1) is 0 Å². The highest BCUT2D eigenvalue weighted by Gasteiger charge is 2.20. The van der Waals surface area contributed by atoms with Crippen molar-refractivity contribution in [2.45, 2.75) is 0 Å². The average molecular weight is 248 g/mol. The first-order valence-corrected chi connectivity index (χ1v) is 5.94. The van der Waals surface area contributed by atoms with E-state index in [0.29, 0.717) is 31.9 Å². The van der Waals surface area contributed by atoms with E-state index in [0.717, 1.165) is 6.41 Å². The summed E-state index contributed by atoms with van der Waals surface area (Å²) in [6.45, 7) is 2.40. The van der Waals surface area contributed by atoms with Gasteiger partial charge in [0.25, 0.3) is 5.91 Å². The van der Waals surface area contributed by atoms with Crippen molar-refractivity contribution in [1.29, 1.82) is 0 Å². The molecule has 96 valence electrons. The van der Waals surface area contributed by atoms with Gasteiger partial charge in [0.2, 0.25) is 6.41 Å². The molecule has 0 atom stereocenters. The Kier molecular flexibility index (Phi) is 4.17. The van der Waals surface area contributed by atoms with Crippen LogP contribution in [0.25, 0.3) is 0 Å². The Labute approximate surface area is 106 Å². The van der Waals surface area contributed by atoms with Crippen molar-refractivity contribution in [2.24, 2.45) is 0 Å². The number of carbonyl (C=O) groups excluding carboxylic acids is 2. The second kappa shape index (κ2) is 6.05. The van der Waals surface area contributed by atoms with Crippen LogP contribution < -0.4 is 4.74 Å². The second-order valence-corrected chi connectivity index (χ2v) is 4.12. The lowest BCUT2D eigenvalue weighted by molar-refractivity contribution is -0.137. The minimum Gasteiger partial charge on any atom is -0.484 e. The van der Waals surface area contributed by atoms with Crippen molar-refractivity contribution < 1.29 is 14.3 Å². The predicted octanol–water partition coefficient (Wildman–Crippen LogP) is 0.366. The molecule has 1 aromatic carbocycles. The van der Waals surface area contributed by atoms with E-state index in [2.05, 4.69) is 0 Å². The molecule has 2 amide bonds. The van der Waals surface area contributed by atoms with Crippen LogP contribution in [-0.4, -0.2) is 54.9 Å². The summed E-state index contributed by atoms with van der Waals surface area (Å²) in [4.78, 5) is 25.8. The molecule has 0 bridgehead atoms. The highest BCUT2D eigenvalue weighted by Crippen LogP contribution is 2.08. The fourth-order valence-electron chi connectivity index (χ4n) is 1.83. The van der Waals surface area contributed by atoms with Crippen molar-refractivity contribution in [3.63, 3.8) is 0 Å². The minimum atomic E-state index is -0.0376. The van der Waals surface area contributed by atoms with Gasteiger partial charge in [-0.1, -0.05) is 18.2 Å².